The monoisotopic (exact) mass is 617 g/mol. The molecule has 226 valence electrons. The second-order valence-corrected chi connectivity index (χ2v) is 11.8. The molecule has 0 spiro atoms. The largest absolute Gasteiger partial charge is 0.416 e. The number of aromatic nitrogens is 2. The average Bonchev–Trinajstić information content (AvgIpc) is 2.95. The molecule has 10 nitrogen and oxygen atoms in total. The molecule has 1 aliphatic carbocycles. The van der Waals surface area contributed by atoms with E-state index in [2.05, 4.69) is 25.3 Å². The summed E-state index contributed by atoms with van der Waals surface area (Å²) in [6.07, 6.45) is 0.178. The first-order valence-corrected chi connectivity index (χ1v) is 14.7. The summed E-state index contributed by atoms with van der Waals surface area (Å²) in [5, 5.41) is 6.43. The Kier molecular flexibility index (Phi) is 8.12. The molecule has 0 unspecified atom stereocenters. The number of sulfonamides is 1. The first kappa shape index (κ1) is 30.0. The molecule has 15 heteroatoms. The quantitative estimate of drug-likeness (QED) is 0.170. The van der Waals surface area contributed by atoms with Gasteiger partial charge in [0.15, 0.2) is 11.6 Å². The van der Waals surface area contributed by atoms with Crippen LogP contribution in [0.5, 0.6) is 0 Å². The van der Waals surface area contributed by atoms with Crippen molar-refractivity contribution in [3.63, 3.8) is 0 Å². The summed E-state index contributed by atoms with van der Waals surface area (Å²) in [6.45, 7) is 0. The number of fused-ring (bicyclic) bond motifs is 1. The van der Waals surface area contributed by atoms with Gasteiger partial charge < -0.3 is 22.1 Å². The molecule has 0 aliphatic heterocycles. The van der Waals surface area contributed by atoms with Crippen LogP contribution >= 0.6 is 0 Å². The first-order valence-electron chi connectivity index (χ1n) is 13.2. The summed E-state index contributed by atoms with van der Waals surface area (Å²) in [6, 6.07) is 9.94. The molecule has 2 aromatic carbocycles. The van der Waals surface area contributed by atoms with E-state index in [1.165, 1.54) is 12.3 Å². The smallest absolute Gasteiger partial charge is 0.365 e. The number of carbonyl (C=O) groups is 1. The van der Waals surface area contributed by atoms with Gasteiger partial charge in [0, 0.05) is 17.5 Å². The molecule has 2 atom stereocenters. The van der Waals surface area contributed by atoms with E-state index in [-0.39, 0.29) is 45.4 Å². The summed E-state index contributed by atoms with van der Waals surface area (Å²) in [7, 11) is -4.25. The second-order valence-electron chi connectivity index (χ2n) is 10.1. The third kappa shape index (κ3) is 6.62. The second kappa shape index (κ2) is 11.6. The van der Waals surface area contributed by atoms with E-state index in [1.54, 1.807) is 18.2 Å². The van der Waals surface area contributed by atoms with Gasteiger partial charge >= 0.3 is 6.18 Å². The van der Waals surface area contributed by atoms with Crippen molar-refractivity contribution in [1.82, 2.24) is 9.97 Å². The highest BCUT2D eigenvalue weighted by Crippen LogP contribution is 2.32. The summed E-state index contributed by atoms with van der Waals surface area (Å²) < 4.78 is 81.7. The Labute approximate surface area is 243 Å². The fraction of sp³-hybridized carbons (Fsp3) is 0.250. The van der Waals surface area contributed by atoms with Gasteiger partial charge in [0.2, 0.25) is 0 Å². The number of nitrogens with two attached hydrogens (primary N) is 2. The Morgan fingerprint density at radius 2 is 1.72 bits per heavy atom. The first-order chi connectivity index (χ1) is 20.3. The fourth-order valence-electron chi connectivity index (χ4n) is 4.86. The van der Waals surface area contributed by atoms with Gasteiger partial charge in [-0.3, -0.25) is 14.5 Å². The maximum atomic E-state index is 14.9. The molecule has 0 radical (unpaired) electrons. The Morgan fingerprint density at radius 1 is 1.00 bits per heavy atom. The standard InChI is InChI=1S/C28H27F4N7O3S/c29-20-13-19(25(34)40)26(38-27(20)37-22-6-2-1-5-21(22)33)36-17-12-15-4-3-7-23(24(15)35-14-17)39-43(41,42)18-10-8-16(9-11-18)28(30,31)32/h3-4,7-14,21-22,39H,1-2,5-6,33H2,(H2,34,40)(H2,36,37,38)/t21-,22+/m0/s1. The topological polar surface area (TPSA) is 165 Å². The molecule has 2 heterocycles. The molecular weight excluding hydrogens is 590 g/mol. The van der Waals surface area contributed by atoms with E-state index in [9.17, 15) is 30.8 Å². The van der Waals surface area contributed by atoms with Crippen LogP contribution in [-0.2, 0) is 16.2 Å². The zero-order valence-electron chi connectivity index (χ0n) is 22.5. The highest BCUT2D eigenvalue weighted by Gasteiger charge is 2.31. The highest BCUT2D eigenvalue weighted by molar-refractivity contribution is 7.92. The molecule has 1 aliphatic rings. The molecule has 1 fully saturated rings. The minimum atomic E-state index is -4.61. The number of hydrogen-bond acceptors (Lipinski definition) is 8. The Morgan fingerprint density at radius 3 is 2.40 bits per heavy atom. The number of nitrogens with zero attached hydrogens (tertiary/aromatic N) is 2. The van der Waals surface area contributed by atoms with Crippen molar-refractivity contribution in [2.24, 2.45) is 11.5 Å². The van der Waals surface area contributed by atoms with Crippen LogP contribution in [0.25, 0.3) is 10.9 Å². The SMILES string of the molecule is NC(=O)c1cc(F)c(N[C@@H]2CCCC[C@@H]2N)nc1Nc1cnc2c(NS(=O)(=O)c3ccc(C(F)(F)F)cc3)cccc2c1. The maximum Gasteiger partial charge on any atom is 0.416 e. The van der Waals surface area contributed by atoms with Crippen molar-refractivity contribution in [2.75, 3.05) is 15.4 Å². The molecule has 0 bridgehead atoms. The summed E-state index contributed by atoms with van der Waals surface area (Å²) >= 11 is 0. The molecule has 2 aromatic heterocycles. The normalized spacial score (nSPS) is 17.4. The number of pyridine rings is 2. The molecule has 4 aromatic rings. The number of primary amides is 1. The lowest BCUT2D eigenvalue weighted by molar-refractivity contribution is -0.137. The number of alkyl halides is 3. The predicted molar refractivity (Wildman–Crippen MR) is 154 cm³/mol. The number of anilines is 4. The Balaban J connectivity index is 1.42. The van der Waals surface area contributed by atoms with Crippen molar-refractivity contribution in [3.8, 4) is 0 Å². The Bertz CT molecular complexity index is 1780. The van der Waals surface area contributed by atoms with Crippen LogP contribution in [0, 0.1) is 5.82 Å². The zero-order chi connectivity index (χ0) is 30.9. The van der Waals surface area contributed by atoms with Crippen LogP contribution in [-0.4, -0.2) is 36.4 Å². The van der Waals surface area contributed by atoms with Crippen LogP contribution in [0.15, 0.2) is 65.7 Å². The number of halogens is 4. The minimum absolute atomic E-state index is 0.0268. The van der Waals surface area contributed by atoms with E-state index in [1.807, 2.05) is 0 Å². The third-order valence-corrected chi connectivity index (χ3v) is 8.47. The van der Waals surface area contributed by atoms with Crippen molar-refractivity contribution >= 4 is 49.8 Å². The van der Waals surface area contributed by atoms with Gasteiger partial charge in [-0.05, 0) is 55.3 Å². The van der Waals surface area contributed by atoms with Crippen LogP contribution in [0.2, 0.25) is 0 Å². The van der Waals surface area contributed by atoms with Crippen LogP contribution in [0.1, 0.15) is 41.6 Å². The van der Waals surface area contributed by atoms with Gasteiger partial charge in [0.25, 0.3) is 15.9 Å². The number of nitrogens with one attached hydrogen (secondary N) is 3. The van der Waals surface area contributed by atoms with E-state index in [0.717, 1.165) is 43.9 Å². The van der Waals surface area contributed by atoms with Crippen molar-refractivity contribution in [2.45, 2.75) is 48.8 Å². The van der Waals surface area contributed by atoms with Gasteiger partial charge in [-0.15, -0.1) is 0 Å². The van der Waals surface area contributed by atoms with Crippen LogP contribution < -0.4 is 26.8 Å². The maximum absolute atomic E-state index is 14.9. The molecule has 43 heavy (non-hydrogen) atoms. The predicted octanol–water partition coefficient (Wildman–Crippen LogP) is 5.11. The van der Waals surface area contributed by atoms with Gasteiger partial charge in [-0.1, -0.05) is 25.0 Å². The van der Waals surface area contributed by atoms with E-state index >= 15 is 0 Å². The fourth-order valence-corrected chi connectivity index (χ4v) is 5.93. The molecule has 1 saturated carbocycles. The molecule has 1 amide bonds. The van der Waals surface area contributed by atoms with Crippen LogP contribution in [0.3, 0.4) is 0 Å². The summed E-state index contributed by atoms with van der Waals surface area (Å²) in [4.78, 5) is 20.3. The molecule has 5 rings (SSSR count). The third-order valence-electron chi connectivity index (χ3n) is 7.09. The van der Waals surface area contributed by atoms with Crippen molar-refractivity contribution in [1.29, 1.82) is 0 Å². The lowest BCUT2D eigenvalue weighted by Gasteiger charge is -2.30. The lowest BCUT2D eigenvalue weighted by Crippen LogP contribution is -2.43. The van der Waals surface area contributed by atoms with E-state index in [0.29, 0.717) is 23.2 Å². The number of amides is 1. The van der Waals surface area contributed by atoms with Crippen LogP contribution in [0.4, 0.5) is 40.6 Å². The zero-order valence-corrected chi connectivity index (χ0v) is 23.3. The lowest BCUT2D eigenvalue weighted by atomic mass is 9.91. The number of hydrogen-bond donors (Lipinski definition) is 5. The Hall–Kier alpha value is -4.50. The average molecular weight is 618 g/mol. The number of rotatable bonds is 8. The number of para-hydroxylation sites is 1. The van der Waals surface area contributed by atoms with Crippen molar-refractivity contribution in [3.05, 3.63) is 77.7 Å². The molecular formula is C28H27F4N7O3S. The van der Waals surface area contributed by atoms with Crippen molar-refractivity contribution < 1.29 is 30.8 Å². The molecule has 7 N–H and O–H groups in total. The van der Waals surface area contributed by atoms with E-state index in [4.69, 9.17) is 11.5 Å². The minimum Gasteiger partial charge on any atom is -0.365 e. The van der Waals surface area contributed by atoms with Gasteiger partial charge in [-0.25, -0.2) is 17.8 Å². The number of benzene rings is 2. The van der Waals surface area contributed by atoms with Gasteiger partial charge in [-0.2, -0.15) is 13.2 Å². The van der Waals surface area contributed by atoms with Gasteiger partial charge in [0.1, 0.15) is 5.82 Å². The van der Waals surface area contributed by atoms with E-state index < -0.39 is 33.5 Å². The highest BCUT2D eigenvalue weighted by atomic mass is 32.2. The molecule has 0 saturated heterocycles. The summed E-state index contributed by atoms with van der Waals surface area (Å²) in [5.74, 6) is -1.80. The number of carbonyl (C=O) groups excluding carboxylic acids is 1. The summed E-state index contributed by atoms with van der Waals surface area (Å²) in [5.41, 5.74) is 11.1. The van der Waals surface area contributed by atoms with Gasteiger partial charge in [0.05, 0.1) is 39.1 Å².